The average molecular weight is 383 g/mol. The van der Waals surface area contributed by atoms with Crippen LogP contribution in [0.5, 0.6) is 0 Å². The first kappa shape index (κ1) is 17.8. The summed E-state index contributed by atoms with van der Waals surface area (Å²) in [5.74, 6) is -1.22. The molecule has 0 atom stereocenters. The van der Waals surface area contributed by atoms with Gasteiger partial charge in [-0.25, -0.2) is 13.8 Å². The number of halogens is 2. The van der Waals surface area contributed by atoms with E-state index in [2.05, 4.69) is 15.5 Å². The highest BCUT2D eigenvalue weighted by Crippen LogP contribution is 2.31. The Morgan fingerprint density at radius 3 is 2.54 bits per heavy atom. The van der Waals surface area contributed by atoms with Crippen LogP contribution < -0.4 is 5.32 Å². The summed E-state index contributed by atoms with van der Waals surface area (Å²) in [6.45, 7) is 5.29. The van der Waals surface area contributed by atoms with E-state index in [4.69, 9.17) is 8.94 Å². The predicted molar refractivity (Wildman–Crippen MR) is 98.0 cm³/mol. The second-order valence-corrected chi connectivity index (χ2v) is 6.41. The van der Waals surface area contributed by atoms with Crippen molar-refractivity contribution in [2.24, 2.45) is 0 Å². The maximum Gasteiger partial charge on any atom is 0.259 e. The van der Waals surface area contributed by atoms with Crippen LogP contribution in [0.2, 0.25) is 0 Å². The van der Waals surface area contributed by atoms with Crippen molar-refractivity contribution in [3.05, 3.63) is 64.7 Å². The molecule has 0 aliphatic carbocycles. The van der Waals surface area contributed by atoms with E-state index in [1.54, 1.807) is 19.9 Å². The summed E-state index contributed by atoms with van der Waals surface area (Å²) in [7, 11) is 0. The van der Waals surface area contributed by atoms with Gasteiger partial charge in [0.1, 0.15) is 11.5 Å². The lowest BCUT2D eigenvalue weighted by molar-refractivity contribution is 0.102. The summed E-state index contributed by atoms with van der Waals surface area (Å²) in [6, 6.07) is 6.54. The number of amides is 1. The predicted octanol–water partition coefficient (Wildman–Crippen LogP) is 4.94. The topological polar surface area (TPSA) is 81.2 Å². The van der Waals surface area contributed by atoms with Gasteiger partial charge in [0.15, 0.2) is 11.6 Å². The van der Waals surface area contributed by atoms with E-state index in [0.29, 0.717) is 28.3 Å². The highest BCUT2D eigenvalue weighted by Gasteiger charge is 2.21. The molecule has 3 heterocycles. The number of pyridine rings is 1. The zero-order chi connectivity index (χ0) is 20.0. The lowest BCUT2D eigenvalue weighted by atomic mass is 10.1. The Hall–Kier alpha value is -3.55. The zero-order valence-corrected chi connectivity index (χ0v) is 15.3. The second-order valence-electron chi connectivity index (χ2n) is 6.41. The summed E-state index contributed by atoms with van der Waals surface area (Å²) in [5, 5.41) is 6.90. The molecule has 3 aromatic heterocycles. The van der Waals surface area contributed by atoms with Crippen LogP contribution in [-0.4, -0.2) is 16.0 Å². The van der Waals surface area contributed by atoms with Gasteiger partial charge in [0, 0.05) is 17.3 Å². The minimum Gasteiger partial charge on any atom is -0.466 e. The molecule has 4 rings (SSSR count). The number of aryl methyl sites for hydroxylation is 3. The molecule has 0 spiro atoms. The summed E-state index contributed by atoms with van der Waals surface area (Å²) >= 11 is 0. The fraction of sp³-hybridized carbons (Fsp3) is 0.150. The molecule has 0 radical (unpaired) electrons. The number of hydrogen-bond donors (Lipinski definition) is 1. The molecule has 4 aromatic rings. The fourth-order valence-electron chi connectivity index (χ4n) is 3.07. The summed E-state index contributed by atoms with van der Waals surface area (Å²) < 4.78 is 37.4. The van der Waals surface area contributed by atoms with Crippen molar-refractivity contribution in [3.63, 3.8) is 0 Å². The van der Waals surface area contributed by atoms with E-state index in [1.807, 2.05) is 13.0 Å². The van der Waals surface area contributed by atoms with Crippen LogP contribution in [0.1, 0.15) is 27.6 Å². The Kier molecular flexibility index (Phi) is 4.18. The molecule has 1 N–H and O–H groups in total. The summed E-state index contributed by atoms with van der Waals surface area (Å²) in [4.78, 5) is 17.3. The number of nitrogens with one attached hydrogen (secondary N) is 1. The first-order chi connectivity index (χ1) is 13.3. The molecule has 0 aliphatic rings. The van der Waals surface area contributed by atoms with Gasteiger partial charge in [-0.1, -0.05) is 5.16 Å². The van der Waals surface area contributed by atoms with E-state index in [9.17, 15) is 13.6 Å². The van der Waals surface area contributed by atoms with E-state index in [0.717, 1.165) is 17.7 Å². The highest BCUT2D eigenvalue weighted by molar-refractivity contribution is 6.13. The number of hydrogen-bond acceptors (Lipinski definition) is 5. The minimum absolute atomic E-state index is 0.125. The van der Waals surface area contributed by atoms with Gasteiger partial charge in [0.2, 0.25) is 0 Å². The fourth-order valence-corrected chi connectivity index (χ4v) is 3.07. The van der Waals surface area contributed by atoms with Crippen LogP contribution in [-0.2, 0) is 0 Å². The highest BCUT2D eigenvalue weighted by atomic mass is 19.2. The molecule has 0 saturated carbocycles. The Bertz CT molecular complexity index is 1230. The zero-order valence-electron chi connectivity index (χ0n) is 15.3. The van der Waals surface area contributed by atoms with E-state index in [-0.39, 0.29) is 17.0 Å². The van der Waals surface area contributed by atoms with E-state index < -0.39 is 17.5 Å². The van der Waals surface area contributed by atoms with Crippen molar-refractivity contribution in [3.8, 4) is 11.3 Å². The summed E-state index contributed by atoms with van der Waals surface area (Å²) in [6.07, 6.45) is 0. The maximum atomic E-state index is 13.5. The number of carbonyl (C=O) groups excluding carboxylic acids is 1. The SMILES string of the molecule is Cc1cc(-c2cc(C(=O)Nc3ccc(F)c(F)c3)c3c(C)noc3n2)c(C)o1. The molecule has 8 heteroatoms. The third-order valence-electron chi connectivity index (χ3n) is 4.36. The van der Waals surface area contributed by atoms with Gasteiger partial charge < -0.3 is 14.3 Å². The normalized spacial score (nSPS) is 11.2. The number of rotatable bonds is 3. The first-order valence-corrected chi connectivity index (χ1v) is 8.44. The monoisotopic (exact) mass is 383 g/mol. The molecule has 0 unspecified atom stereocenters. The Morgan fingerprint density at radius 1 is 1.07 bits per heavy atom. The van der Waals surface area contributed by atoms with Crippen LogP contribution >= 0.6 is 0 Å². The largest absolute Gasteiger partial charge is 0.466 e. The van der Waals surface area contributed by atoms with Crippen molar-refractivity contribution < 1.29 is 22.5 Å². The molecule has 1 amide bonds. The van der Waals surface area contributed by atoms with Crippen molar-refractivity contribution >= 4 is 22.7 Å². The Labute approximate surface area is 158 Å². The van der Waals surface area contributed by atoms with E-state index in [1.165, 1.54) is 6.07 Å². The van der Waals surface area contributed by atoms with Crippen LogP contribution in [0.15, 0.2) is 39.3 Å². The molecule has 28 heavy (non-hydrogen) atoms. The van der Waals surface area contributed by atoms with Crippen LogP contribution in [0, 0.1) is 32.4 Å². The van der Waals surface area contributed by atoms with Crippen molar-refractivity contribution in [1.29, 1.82) is 0 Å². The maximum absolute atomic E-state index is 13.5. The number of nitrogens with zero attached hydrogens (tertiary/aromatic N) is 2. The molecule has 6 nitrogen and oxygen atoms in total. The third kappa shape index (κ3) is 3.02. The van der Waals surface area contributed by atoms with Crippen molar-refractivity contribution in [2.45, 2.75) is 20.8 Å². The van der Waals surface area contributed by atoms with Gasteiger partial charge in [-0.3, -0.25) is 4.79 Å². The quantitative estimate of drug-likeness (QED) is 0.542. The number of anilines is 1. The second kappa shape index (κ2) is 6.56. The molecule has 1 aromatic carbocycles. The number of fused-ring (bicyclic) bond motifs is 1. The van der Waals surface area contributed by atoms with Gasteiger partial charge in [0.05, 0.1) is 22.3 Å². The molecule has 0 saturated heterocycles. The van der Waals surface area contributed by atoms with E-state index >= 15 is 0 Å². The number of carbonyl (C=O) groups is 1. The molecular formula is C20H15F2N3O3. The summed E-state index contributed by atoms with van der Waals surface area (Å²) in [5.41, 5.74) is 2.26. The molecule has 0 aliphatic heterocycles. The van der Waals surface area contributed by atoms with Gasteiger partial charge in [-0.2, -0.15) is 0 Å². The molecule has 142 valence electrons. The van der Waals surface area contributed by atoms with Crippen LogP contribution in [0.4, 0.5) is 14.5 Å². The minimum atomic E-state index is -1.05. The number of furan rings is 1. The van der Waals surface area contributed by atoms with Crippen LogP contribution in [0.25, 0.3) is 22.4 Å². The Balaban J connectivity index is 1.82. The molecule has 0 fully saturated rings. The van der Waals surface area contributed by atoms with Gasteiger partial charge in [0.25, 0.3) is 11.6 Å². The average Bonchev–Trinajstić information content (AvgIpc) is 3.19. The number of benzene rings is 1. The van der Waals surface area contributed by atoms with Crippen molar-refractivity contribution in [1.82, 2.24) is 10.1 Å². The number of aromatic nitrogens is 2. The standard InChI is InChI=1S/C20H15F2N3O3/c1-9-6-13(11(3)27-9)17-8-14(18-10(2)25-28-20(18)24-17)19(26)23-12-4-5-15(21)16(22)7-12/h4-8H,1-3H3,(H,23,26). The third-order valence-corrected chi connectivity index (χ3v) is 4.36. The lowest BCUT2D eigenvalue weighted by Crippen LogP contribution is -2.13. The van der Waals surface area contributed by atoms with Crippen molar-refractivity contribution in [2.75, 3.05) is 5.32 Å². The first-order valence-electron chi connectivity index (χ1n) is 8.44. The van der Waals surface area contributed by atoms with Gasteiger partial charge in [-0.15, -0.1) is 0 Å². The Morgan fingerprint density at radius 2 is 1.86 bits per heavy atom. The smallest absolute Gasteiger partial charge is 0.259 e. The lowest BCUT2D eigenvalue weighted by Gasteiger charge is -2.08. The van der Waals surface area contributed by atoms with Crippen LogP contribution in [0.3, 0.4) is 0 Å². The molecular weight excluding hydrogens is 368 g/mol. The van der Waals surface area contributed by atoms with Gasteiger partial charge >= 0.3 is 0 Å². The van der Waals surface area contributed by atoms with Gasteiger partial charge in [-0.05, 0) is 45.0 Å². The molecule has 0 bridgehead atoms.